The number of likely N-dealkylation sites (tertiary alicyclic amines) is 1. The molecule has 0 bridgehead atoms. The highest BCUT2D eigenvalue weighted by atomic mass is 16.2. The second-order valence-corrected chi connectivity index (χ2v) is 4.41. The molecule has 0 aliphatic carbocycles. The molecule has 1 aliphatic heterocycles. The van der Waals surface area contributed by atoms with Crippen molar-refractivity contribution >= 4 is 5.91 Å². The van der Waals surface area contributed by atoms with Gasteiger partial charge in [-0.1, -0.05) is 0 Å². The third kappa shape index (κ3) is 3.46. The molecule has 17 heavy (non-hydrogen) atoms. The maximum Gasteiger partial charge on any atom is 0.265 e. The van der Waals surface area contributed by atoms with Crippen LogP contribution in [0.4, 0.5) is 0 Å². The minimum absolute atomic E-state index is 0.161. The third-order valence-electron chi connectivity index (χ3n) is 3.20. The second-order valence-electron chi connectivity index (χ2n) is 4.41. The molecule has 0 unspecified atom stereocenters. The number of hydrogen-bond donors (Lipinski definition) is 1. The van der Waals surface area contributed by atoms with E-state index in [0.717, 1.165) is 25.9 Å². The number of rotatable bonds is 3. The molecule has 1 heterocycles. The van der Waals surface area contributed by atoms with Crippen LogP contribution < -0.4 is 5.32 Å². The van der Waals surface area contributed by atoms with E-state index in [1.54, 1.807) is 19.0 Å². The summed E-state index contributed by atoms with van der Waals surface area (Å²) in [6, 6.07) is 2.17. The van der Waals surface area contributed by atoms with Crippen molar-refractivity contribution in [3.63, 3.8) is 0 Å². The summed E-state index contributed by atoms with van der Waals surface area (Å²) in [6.45, 7) is 2.00. The molecule has 1 aliphatic rings. The first-order chi connectivity index (χ1) is 8.10. The lowest BCUT2D eigenvalue weighted by atomic mass is 10.0. The summed E-state index contributed by atoms with van der Waals surface area (Å²) in [5, 5.41) is 11.6. The van der Waals surface area contributed by atoms with Crippen LogP contribution >= 0.6 is 0 Å². The minimum Gasteiger partial charge on any atom is -0.393 e. The largest absolute Gasteiger partial charge is 0.393 e. The number of piperidine rings is 1. The topological polar surface area (TPSA) is 59.4 Å². The molecule has 0 atom stereocenters. The van der Waals surface area contributed by atoms with Crippen LogP contribution in [0.5, 0.6) is 0 Å². The van der Waals surface area contributed by atoms with Gasteiger partial charge in [0.05, 0.1) is 0 Å². The monoisotopic (exact) mass is 236 g/mol. The molecule has 1 fully saturated rings. The molecular weight excluding hydrogens is 216 g/mol. The summed E-state index contributed by atoms with van der Waals surface area (Å²) >= 11 is 0. The fourth-order valence-corrected chi connectivity index (χ4v) is 2.02. The van der Waals surface area contributed by atoms with E-state index in [9.17, 15) is 4.79 Å². The number of amides is 1. The molecule has 1 amide bonds. The van der Waals surface area contributed by atoms with Crippen LogP contribution in [-0.2, 0) is 4.79 Å². The Labute approximate surface area is 103 Å². The van der Waals surface area contributed by atoms with Crippen molar-refractivity contribution in [2.45, 2.75) is 18.9 Å². The van der Waals surface area contributed by atoms with Crippen LogP contribution in [0.15, 0.2) is 11.8 Å². The van der Waals surface area contributed by atoms with E-state index in [-0.39, 0.29) is 17.5 Å². The van der Waals surface area contributed by atoms with Crippen molar-refractivity contribution in [2.24, 2.45) is 0 Å². The SMILES string of the molecule is CN/C=C(/C#N)C(=O)N(C)C1CCN(C)CC1. The van der Waals surface area contributed by atoms with E-state index in [2.05, 4.69) is 17.3 Å². The summed E-state index contributed by atoms with van der Waals surface area (Å²) in [5.74, 6) is -0.198. The van der Waals surface area contributed by atoms with E-state index < -0.39 is 0 Å². The molecule has 5 nitrogen and oxygen atoms in total. The highest BCUT2D eigenvalue weighted by Gasteiger charge is 2.25. The van der Waals surface area contributed by atoms with Crippen LogP contribution in [0.2, 0.25) is 0 Å². The van der Waals surface area contributed by atoms with E-state index in [4.69, 9.17) is 5.26 Å². The predicted octanol–water partition coefficient (Wildman–Crippen LogP) is 0.166. The number of nitrogens with one attached hydrogen (secondary N) is 1. The Morgan fingerprint density at radius 3 is 2.59 bits per heavy atom. The lowest BCUT2D eigenvalue weighted by molar-refractivity contribution is -0.128. The molecule has 0 aromatic carbocycles. The quantitative estimate of drug-likeness (QED) is 0.560. The average Bonchev–Trinajstić information content (AvgIpc) is 2.35. The van der Waals surface area contributed by atoms with E-state index in [0.29, 0.717) is 0 Å². The molecule has 0 aromatic heterocycles. The van der Waals surface area contributed by atoms with Crippen molar-refractivity contribution in [1.29, 1.82) is 5.26 Å². The molecular formula is C12H20N4O. The summed E-state index contributed by atoms with van der Waals surface area (Å²) in [6.07, 6.45) is 3.39. The summed E-state index contributed by atoms with van der Waals surface area (Å²) in [5.41, 5.74) is 0.161. The Balaban J connectivity index is 2.63. The van der Waals surface area contributed by atoms with Gasteiger partial charge < -0.3 is 15.1 Å². The fourth-order valence-electron chi connectivity index (χ4n) is 2.02. The zero-order chi connectivity index (χ0) is 12.8. The molecule has 0 radical (unpaired) electrons. The van der Waals surface area contributed by atoms with Gasteiger partial charge in [0.2, 0.25) is 0 Å². The van der Waals surface area contributed by atoms with Crippen molar-refractivity contribution < 1.29 is 4.79 Å². The molecule has 5 heteroatoms. The fraction of sp³-hybridized carbons (Fsp3) is 0.667. The van der Waals surface area contributed by atoms with Crippen molar-refractivity contribution in [3.8, 4) is 6.07 Å². The Morgan fingerprint density at radius 2 is 2.12 bits per heavy atom. The van der Waals surface area contributed by atoms with E-state index in [1.807, 2.05) is 6.07 Å². The van der Waals surface area contributed by atoms with Gasteiger partial charge in [-0.25, -0.2) is 0 Å². The minimum atomic E-state index is -0.198. The highest BCUT2D eigenvalue weighted by Crippen LogP contribution is 2.15. The number of likely N-dealkylation sites (N-methyl/N-ethyl adjacent to an activating group) is 1. The zero-order valence-corrected chi connectivity index (χ0v) is 10.7. The molecule has 94 valence electrons. The standard InChI is InChI=1S/C12H20N4O/c1-14-9-10(8-13)12(17)16(3)11-4-6-15(2)7-5-11/h9,11,14H,4-7H2,1-3H3/b10-9-. The lowest BCUT2D eigenvalue weighted by Gasteiger charge is -2.34. The van der Waals surface area contributed by atoms with Crippen LogP contribution in [0.3, 0.4) is 0 Å². The predicted molar refractivity (Wildman–Crippen MR) is 66.0 cm³/mol. The first kappa shape index (κ1) is 13.5. The highest BCUT2D eigenvalue weighted by molar-refractivity contribution is 5.97. The average molecular weight is 236 g/mol. The molecule has 0 spiro atoms. The first-order valence-electron chi connectivity index (χ1n) is 5.83. The molecule has 0 saturated carbocycles. The smallest absolute Gasteiger partial charge is 0.265 e. The number of hydrogen-bond acceptors (Lipinski definition) is 4. The number of nitriles is 1. The van der Waals surface area contributed by atoms with Crippen LogP contribution in [0.1, 0.15) is 12.8 Å². The summed E-state index contributed by atoms with van der Waals surface area (Å²) in [4.78, 5) is 16.0. The lowest BCUT2D eigenvalue weighted by Crippen LogP contribution is -2.44. The summed E-state index contributed by atoms with van der Waals surface area (Å²) < 4.78 is 0. The normalized spacial score (nSPS) is 18.6. The van der Waals surface area contributed by atoms with Gasteiger partial charge in [-0.2, -0.15) is 5.26 Å². The van der Waals surface area contributed by atoms with Crippen LogP contribution in [-0.4, -0.2) is 56.0 Å². The van der Waals surface area contributed by atoms with Crippen LogP contribution in [0, 0.1) is 11.3 Å². The van der Waals surface area contributed by atoms with Gasteiger partial charge in [0, 0.05) is 26.3 Å². The van der Waals surface area contributed by atoms with Crippen molar-refractivity contribution in [3.05, 3.63) is 11.8 Å². The van der Waals surface area contributed by atoms with Crippen molar-refractivity contribution in [2.75, 3.05) is 34.2 Å². The maximum atomic E-state index is 12.0. The molecule has 0 aromatic rings. The van der Waals surface area contributed by atoms with Gasteiger partial charge in [0.15, 0.2) is 0 Å². The summed E-state index contributed by atoms with van der Waals surface area (Å²) in [7, 11) is 5.54. The Bertz CT molecular complexity index is 337. The van der Waals surface area contributed by atoms with Crippen LogP contribution in [0.25, 0.3) is 0 Å². The number of carbonyl (C=O) groups excluding carboxylic acids is 1. The second kappa shape index (κ2) is 6.26. The number of nitrogens with zero attached hydrogens (tertiary/aromatic N) is 3. The van der Waals surface area contributed by atoms with E-state index in [1.165, 1.54) is 6.20 Å². The molecule has 1 N–H and O–H groups in total. The maximum absolute atomic E-state index is 12.0. The van der Waals surface area contributed by atoms with E-state index >= 15 is 0 Å². The van der Waals surface area contributed by atoms with Gasteiger partial charge in [-0.15, -0.1) is 0 Å². The van der Waals surface area contributed by atoms with Gasteiger partial charge in [0.1, 0.15) is 11.6 Å². The van der Waals surface area contributed by atoms with Gasteiger partial charge in [0.25, 0.3) is 5.91 Å². The zero-order valence-electron chi connectivity index (χ0n) is 10.7. The third-order valence-corrected chi connectivity index (χ3v) is 3.20. The van der Waals surface area contributed by atoms with Gasteiger partial charge in [-0.05, 0) is 33.0 Å². The molecule has 1 saturated heterocycles. The van der Waals surface area contributed by atoms with Gasteiger partial charge in [-0.3, -0.25) is 4.79 Å². The molecule has 1 rings (SSSR count). The Kier molecular flexibility index (Phi) is 4.98. The number of carbonyl (C=O) groups is 1. The van der Waals surface area contributed by atoms with Gasteiger partial charge >= 0.3 is 0 Å². The van der Waals surface area contributed by atoms with Crippen molar-refractivity contribution in [1.82, 2.24) is 15.1 Å². The first-order valence-corrected chi connectivity index (χ1v) is 5.83. The Morgan fingerprint density at radius 1 is 1.53 bits per heavy atom. The Hall–Kier alpha value is -1.54.